The highest BCUT2D eigenvalue weighted by Crippen LogP contribution is 2.32. The summed E-state index contributed by atoms with van der Waals surface area (Å²) in [6.45, 7) is 7.17. The van der Waals surface area contributed by atoms with Crippen molar-refractivity contribution >= 4 is 28.7 Å². The summed E-state index contributed by atoms with van der Waals surface area (Å²) in [6.07, 6.45) is 3.10. The fourth-order valence-corrected chi connectivity index (χ4v) is 4.68. The minimum Gasteiger partial charge on any atom is -0.464 e. The zero-order valence-electron chi connectivity index (χ0n) is 22.1. The molecule has 7 heteroatoms. The molecule has 0 spiro atoms. The number of ether oxygens (including phenoxy) is 2. The molecule has 0 aliphatic carbocycles. The highest BCUT2D eigenvalue weighted by molar-refractivity contribution is 5.92. The van der Waals surface area contributed by atoms with Gasteiger partial charge >= 0.3 is 12.1 Å². The Labute approximate surface area is 223 Å². The number of nitrogens with one attached hydrogen (secondary N) is 2. The Balaban J connectivity index is 1.81. The van der Waals surface area contributed by atoms with E-state index in [0.29, 0.717) is 0 Å². The lowest BCUT2D eigenvalue weighted by Gasteiger charge is -2.33. The minimum absolute atomic E-state index is 0.176. The van der Waals surface area contributed by atoms with Crippen LogP contribution in [0.1, 0.15) is 50.7 Å². The smallest absolute Gasteiger partial charge is 0.408 e. The van der Waals surface area contributed by atoms with E-state index in [1.807, 2.05) is 84.9 Å². The molecule has 7 nitrogen and oxygen atoms in total. The molecular weight excluding hydrogens is 480 g/mol. The van der Waals surface area contributed by atoms with E-state index >= 15 is 0 Å². The van der Waals surface area contributed by atoms with Crippen molar-refractivity contribution in [3.63, 3.8) is 0 Å². The average molecular weight is 515 g/mol. The van der Waals surface area contributed by atoms with Crippen molar-refractivity contribution in [3.05, 3.63) is 96.1 Å². The van der Waals surface area contributed by atoms with Crippen molar-refractivity contribution in [3.8, 4) is 0 Å². The second kappa shape index (κ2) is 11.5. The highest BCUT2D eigenvalue weighted by atomic mass is 16.6. The summed E-state index contributed by atoms with van der Waals surface area (Å²) < 4.78 is 10.8. The molecule has 4 unspecified atom stereocenters. The first kappa shape index (κ1) is 26.9. The number of hydrogen-bond acceptors (Lipinski definition) is 5. The molecule has 38 heavy (non-hydrogen) atoms. The van der Waals surface area contributed by atoms with E-state index in [4.69, 9.17) is 9.47 Å². The number of fused-ring (bicyclic) bond motifs is 1. The molecule has 0 fully saturated rings. The third kappa shape index (κ3) is 6.40. The summed E-state index contributed by atoms with van der Waals surface area (Å²) in [4.78, 5) is 39.6. The quantitative estimate of drug-likeness (QED) is 0.360. The monoisotopic (exact) mass is 514 g/mol. The van der Waals surface area contributed by atoms with Gasteiger partial charge in [0, 0.05) is 11.8 Å². The van der Waals surface area contributed by atoms with Gasteiger partial charge in [0.05, 0.1) is 6.61 Å². The SMILES string of the molecule is CCOC(=O)C1NC(=O)C(NC(=O)OC(C)(C)C)C(c2ccc3ccccc3c2)/C=C\C1c1ccccc1. The molecule has 4 atom stereocenters. The molecule has 2 N–H and O–H groups in total. The summed E-state index contributed by atoms with van der Waals surface area (Å²) in [6, 6.07) is 21.4. The number of carbonyl (C=O) groups excluding carboxylic acids is 3. The van der Waals surface area contributed by atoms with E-state index in [-0.39, 0.29) is 6.61 Å². The van der Waals surface area contributed by atoms with Crippen LogP contribution in [0.4, 0.5) is 4.79 Å². The normalized spacial score (nSPS) is 22.5. The number of amides is 2. The van der Waals surface area contributed by atoms with Crippen LogP contribution in [-0.2, 0) is 19.1 Å². The molecule has 0 aromatic heterocycles. The Morgan fingerprint density at radius 1 is 0.868 bits per heavy atom. The first-order valence-electron chi connectivity index (χ1n) is 12.8. The first-order valence-corrected chi connectivity index (χ1v) is 12.8. The number of rotatable bonds is 5. The lowest BCUT2D eigenvalue weighted by Crippen LogP contribution is -2.56. The molecule has 0 radical (unpaired) electrons. The topological polar surface area (TPSA) is 93.7 Å². The van der Waals surface area contributed by atoms with Crippen molar-refractivity contribution in [1.29, 1.82) is 0 Å². The van der Waals surface area contributed by atoms with Crippen LogP contribution in [0.5, 0.6) is 0 Å². The van der Waals surface area contributed by atoms with Gasteiger partial charge in [-0.1, -0.05) is 84.9 Å². The van der Waals surface area contributed by atoms with Gasteiger partial charge in [-0.25, -0.2) is 9.59 Å². The van der Waals surface area contributed by atoms with E-state index in [1.54, 1.807) is 27.7 Å². The Morgan fingerprint density at radius 2 is 1.53 bits per heavy atom. The van der Waals surface area contributed by atoms with Gasteiger partial charge in [0.25, 0.3) is 0 Å². The van der Waals surface area contributed by atoms with Crippen molar-refractivity contribution in [2.24, 2.45) is 0 Å². The van der Waals surface area contributed by atoms with Crippen LogP contribution >= 0.6 is 0 Å². The van der Waals surface area contributed by atoms with Gasteiger partial charge in [0.2, 0.25) is 5.91 Å². The average Bonchev–Trinajstić information content (AvgIpc) is 2.87. The van der Waals surface area contributed by atoms with Crippen LogP contribution in [0.25, 0.3) is 10.8 Å². The van der Waals surface area contributed by atoms with E-state index in [1.165, 1.54) is 0 Å². The van der Waals surface area contributed by atoms with E-state index in [2.05, 4.69) is 10.6 Å². The van der Waals surface area contributed by atoms with Crippen molar-refractivity contribution in [2.45, 2.75) is 57.2 Å². The second-order valence-corrected chi connectivity index (χ2v) is 10.3. The maximum Gasteiger partial charge on any atom is 0.408 e. The van der Waals surface area contributed by atoms with Gasteiger partial charge in [-0.05, 0) is 49.6 Å². The summed E-state index contributed by atoms with van der Waals surface area (Å²) in [5.74, 6) is -2.04. The third-order valence-corrected chi connectivity index (χ3v) is 6.38. The van der Waals surface area contributed by atoms with E-state index in [0.717, 1.165) is 21.9 Å². The lowest BCUT2D eigenvalue weighted by molar-refractivity contribution is -0.148. The van der Waals surface area contributed by atoms with Crippen LogP contribution in [0.3, 0.4) is 0 Å². The van der Waals surface area contributed by atoms with E-state index < -0.39 is 47.5 Å². The largest absolute Gasteiger partial charge is 0.464 e. The Morgan fingerprint density at radius 3 is 2.21 bits per heavy atom. The molecule has 0 bridgehead atoms. The zero-order chi connectivity index (χ0) is 27.3. The summed E-state index contributed by atoms with van der Waals surface area (Å²) >= 11 is 0. The molecule has 0 saturated carbocycles. The van der Waals surface area contributed by atoms with Crippen LogP contribution < -0.4 is 10.6 Å². The van der Waals surface area contributed by atoms with E-state index in [9.17, 15) is 14.4 Å². The third-order valence-electron chi connectivity index (χ3n) is 6.38. The molecule has 3 aromatic rings. The number of esters is 1. The molecule has 1 aliphatic rings. The van der Waals surface area contributed by atoms with Crippen LogP contribution in [0.15, 0.2) is 84.9 Å². The number of alkyl carbamates (subject to hydrolysis) is 1. The summed E-state index contributed by atoms with van der Waals surface area (Å²) in [5, 5.41) is 7.71. The maximum absolute atomic E-state index is 13.8. The number of benzene rings is 3. The van der Waals surface area contributed by atoms with Crippen LogP contribution in [0.2, 0.25) is 0 Å². The molecule has 3 aromatic carbocycles. The number of hydrogen-bond donors (Lipinski definition) is 2. The van der Waals surface area contributed by atoms with Crippen LogP contribution in [-0.4, -0.2) is 42.3 Å². The second-order valence-electron chi connectivity index (χ2n) is 10.3. The fraction of sp³-hybridized carbons (Fsp3) is 0.323. The molecule has 4 rings (SSSR count). The standard InChI is InChI=1S/C31H34N2O5/c1-5-37-29(35)27-24(21-12-7-6-8-13-21)17-18-25(23-16-15-20-11-9-10-14-22(20)19-23)26(28(34)32-27)33-30(36)38-31(2,3)4/h6-19,24-27H,5H2,1-4H3,(H,32,34)(H,33,36)/b18-17-. The lowest BCUT2D eigenvalue weighted by atomic mass is 9.83. The molecule has 0 saturated heterocycles. The Bertz CT molecular complexity index is 1330. The Hall–Kier alpha value is -4.13. The van der Waals surface area contributed by atoms with Gasteiger partial charge in [0.1, 0.15) is 17.7 Å². The fourth-order valence-electron chi connectivity index (χ4n) is 4.68. The van der Waals surface area contributed by atoms with Crippen molar-refractivity contribution in [2.75, 3.05) is 6.61 Å². The van der Waals surface area contributed by atoms with Gasteiger partial charge < -0.3 is 20.1 Å². The molecular formula is C31H34N2O5. The zero-order valence-corrected chi connectivity index (χ0v) is 22.1. The van der Waals surface area contributed by atoms with Crippen molar-refractivity contribution in [1.82, 2.24) is 10.6 Å². The van der Waals surface area contributed by atoms with Crippen LogP contribution in [0, 0.1) is 0 Å². The summed E-state index contributed by atoms with van der Waals surface area (Å²) in [7, 11) is 0. The molecule has 198 valence electrons. The summed E-state index contributed by atoms with van der Waals surface area (Å²) in [5.41, 5.74) is 0.956. The van der Waals surface area contributed by atoms with Gasteiger partial charge in [-0.2, -0.15) is 0 Å². The van der Waals surface area contributed by atoms with Gasteiger partial charge in [-0.15, -0.1) is 0 Å². The highest BCUT2D eigenvalue weighted by Gasteiger charge is 2.39. The van der Waals surface area contributed by atoms with Crippen molar-refractivity contribution < 1.29 is 23.9 Å². The first-order chi connectivity index (χ1) is 18.2. The van der Waals surface area contributed by atoms with Gasteiger partial charge in [-0.3, -0.25) is 4.79 Å². The molecule has 1 aliphatic heterocycles. The predicted molar refractivity (Wildman–Crippen MR) is 147 cm³/mol. The minimum atomic E-state index is -1.03. The maximum atomic E-state index is 13.8. The van der Waals surface area contributed by atoms with Gasteiger partial charge in [0.15, 0.2) is 0 Å². The molecule has 1 heterocycles. The number of carbonyl (C=O) groups is 3. The Kier molecular flexibility index (Phi) is 8.15. The molecule has 2 amide bonds. The predicted octanol–water partition coefficient (Wildman–Crippen LogP) is 5.22.